The first-order valence-corrected chi connectivity index (χ1v) is 9.02. The number of benzene rings is 2. The Morgan fingerprint density at radius 3 is 2.48 bits per heavy atom. The summed E-state index contributed by atoms with van der Waals surface area (Å²) >= 11 is 0. The van der Waals surface area contributed by atoms with E-state index < -0.39 is 17.5 Å². The number of hydrogen-bond donors (Lipinski definition) is 0. The standard InChI is InChI=1S/C21H11F3N6O/c22-13-5-6-15(23)14(11-13)20-26-21(31-28-20)18-19(12-7-9-25-10-8-12)30(29-27-18)17-4-2-1-3-16(17)24/h1-11H. The molecule has 3 heterocycles. The van der Waals surface area contributed by atoms with Gasteiger partial charge in [0, 0.05) is 18.0 Å². The molecule has 0 saturated carbocycles. The van der Waals surface area contributed by atoms with E-state index in [0.717, 1.165) is 18.2 Å². The third-order valence-electron chi connectivity index (χ3n) is 4.50. The van der Waals surface area contributed by atoms with Crippen molar-refractivity contribution in [1.29, 1.82) is 0 Å². The van der Waals surface area contributed by atoms with Crippen LogP contribution in [-0.2, 0) is 0 Å². The van der Waals surface area contributed by atoms with Crippen LogP contribution in [0.3, 0.4) is 0 Å². The highest BCUT2D eigenvalue weighted by Gasteiger charge is 2.25. The lowest BCUT2D eigenvalue weighted by Gasteiger charge is -2.08. The molecule has 0 amide bonds. The zero-order valence-corrected chi connectivity index (χ0v) is 15.6. The molecule has 0 aliphatic carbocycles. The van der Waals surface area contributed by atoms with Crippen LogP contribution in [-0.4, -0.2) is 30.1 Å². The van der Waals surface area contributed by atoms with Crippen molar-refractivity contribution < 1.29 is 17.7 Å². The highest BCUT2D eigenvalue weighted by Crippen LogP contribution is 2.33. The van der Waals surface area contributed by atoms with Crippen LogP contribution in [0.5, 0.6) is 0 Å². The summed E-state index contributed by atoms with van der Waals surface area (Å²) in [7, 11) is 0. The van der Waals surface area contributed by atoms with Gasteiger partial charge in [-0.2, -0.15) is 4.98 Å². The van der Waals surface area contributed by atoms with Crippen LogP contribution in [0.15, 0.2) is 71.5 Å². The van der Waals surface area contributed by atoms with Crippen LogP contribution in [0.1, 0.15) is 0 Å². The quantitative estimate of drug-likeness (QED) is 0.427. The summed E-state index contributed by atoms with van der Waals surface area (Å²) in [6, 6.07) is 12.3. The fraction of sp³-hybridized carbons (Fsp3) is 0. The molecule has 5 aromatic rings. The van der Waals surface area contributed by atoms with Gasteiger partial charge in [0.25, 0.3) is 5.89 Å². The van der Waals surface area contributed by atoms with Gasteiger partial charge in [-0.15, -0.1) is 5.10 Å². The van der Waals surface area contributed by atoms with E-state index in [1.807, 2.05) is 0 Å². The Balaban J connectivity index is 1.68. The predicted molar refractivity (Wildman–Crippen MR) is 103 cm³/mol. The van der Waals surface area contributed by atoms with Gasteiger partial charge in [-0.1, -0.05) is 22.5 Å². The molecule has 10 heteroatoms. The lowest BCUT2D eigenvalue weighted by atomic mass is 10.1. The van der Waals surface area contributed by atoms with Crippen molar-refractivity contribution in [3.63, 3.8) is 0 Å². The molecule has 0 radical (unpaired) electrons. The van der Waals surface area contributed by atoms with Crippen molar-refractivity contribution in [3.05, 3.63) is 84.4 Å². The van der Waals surface area contributed by atoms with Crippen LogP contribution in [0.2, 0.25) is 0 Å². The van der Waals surface area contributed by atoms with Crippen molar-refractivity contribution in [2.45, 2.75) is 0 Å². The van der Waals surface area contributed by atoms with E-state index in [1.54, 1.807) is 42.7 Å². The Morgan fingerprint density at radius 2 is 1.68 bits per heavy atom. The molecule has 152 valence electrons. The second-order valence-corrected chi connectivity index (χ2v) is 6.43. The normalized spacial score (nSPS) is 11.1. The van der Waals surface area contributed by atoms with Crippen molar-refractivity contribution in [3.8, 4) is 39.9 Å². The predicted octanol–water partition coefficient (Wildman–Crippen LogP) is 4.46. The molecule has 0 atom stereocenters. The van der Waals surface area contributed by atoms with Crippen molar-refractivity contribution >= 4 is 0 Å². The third kappa shape index (κ3) is 3.33. The minimum Gasteiger partial charge on any atom is -0.332 e. The maximum atomic E-state index is 14.5. The molecule has 0 saturated heterocycles. The van der Waals surface area contributed by atoms with Crippen molar-refractivity contribution in [1.82, 2.24) is 30.1 Å². The van der Waals surface area contributed by atoms with Crippen LogP contribution < -0.4 is 0 Å². The van der Waals surface area contributed by atoms with Gasteiger partial charge in [-0.3, -0.25) is 4.98 Å². The molecule has 2 aromatic carbocycles. The molecule has 0 N–H and O–H groups in total. The van der Waals surface area contributed by atoms with Gasteiger partial charge in [0.15, 0.2) is 5.69 Å². The Morgan fingerprint density at radius 1 is 0.871 bits per heavy atom. The number of para-hydroxylation sites is 1. The molecule has 0 unspecified atom stereocenters. The van der Waals surface area contributed by atoms with Gasteiger partial charge in [0.1, 0.15) is 28.8 Å². The number of rotatable bonds is 4. The van der Waals surface area contributed by atoms with Crippen LogP contribution in [0, 0.1) is 17.5 Å². The summed E-state index contributed by atoms with van der Waals surface area (Å²) in [5, 5.41) is 11.9. The van der Waals surface area contributed by atoms with E-state index in [-0.39, 0.29) is 28.7 Å². The molecular weight excluding hydrogens is 409 g/mol. The zero-order chi connectivity index (χ0) is 21.4. The Bertz CT molecular complexity index is 1380. The second-order valence-electron chi connectivity index (χ2n) is 6.43. The highest BCUT2D eigenvalue weighted by molar-refractivity contribution is 5.76. The maximum Gasteiger partial charge on any atom is 0.281 e. The fourth-order valence-corrected chi connectivity index (χ4v) is 3.08. The van der Waals surface area contributed by atoms with E-state index in [1.165, 1.54) is 10.7 Å². The average molecular weight is 420 g/mol. The van der Waals surface area contributed by atoms with Gasteiger partial charge in [0.05, 0.1) is 5.56 Å². The molecule has 0 spiro atoms. The summed E-state index contributed by atoms with van der Waals surface area (Å²) < 4.78 is 48.7. The molecule has 7 nitrogen and oxygen atoms in total. The minimum atomic E-state index is -0.710. The average Bonchev–Trinajstić information content (AvgIpc) is 3.44. The van der Waals surface area contributed by atoms with Crippen molar-refractivity contribution in [2.24, 2.45) is 0 Å². The van der Waals surface area contributed by atoms with E-state index in [4.69, 9.17) is 4.52 Å². The lowest BCUT2D eigenvalue weighted by molar-refractivity contribution is 0.430. The van der Waals surface area contributed by atoms with E-state index in [0.29, 0.717) is 11.3 Å². The van der Waals surface area contributed by atoms with Crippen LogP contribution >= 0.6 is 0 Å². The zero-order valence-electron chi connectivity index (χ0n) is 15.6. The molecule has 0 bridgehead atoms. The first kappa shape index (κ1) is 18.7. The minimum absolute atomic E-state index is 0.0898. The summed E-state index contributed by atoms with van der Waals surface area (Å²) in [5.41, 5.74) is 1.10. The monoisotopic (exact) mass is 420 g/mol. The third-order valence-corrected chi connectivity index (χ3v) is 4.50. The highest BCUT2D eigenvalue weighted by atomic mass is 19.1. The Kier molecular flexibility index (Phi) is 4.51. The van der Waals surface area contributed by atoms with E-state index in [9.17, 15) is 13.2 Å². The molecule has 5 rings (SSSR count). The number of aromatic nitrogens is 6. The van der Waals surface area contributed by atoms with E-state index in [2.05, 4.69) is 25.4 Å². The van der Waals surface area contributed by atoms with E-state index >= 15 is 0 Å². The molecule has 0 aliphatic heterocycles. The molecular formula is C21H11F3N6O. The molecule has 3 aromatic heterocycles. The largest absolute Gasteiger partial charge is 0.332 e. The number of pyridine rings is 1. The summed E-state index contributed by atoms with van der Waals surface area (Å²) in [5.74, 6) is -2.12. The van der Waals surface area contributed by atoms with Crippen LogP contribution in [0.4, 0.5) is 13.2 Å². The first-order valence-electron chi connectivity index (χ1n) is 9.02. The summed E-state index contributed by atoms with van der Waals surface area (Å²) in [6.45, 7) is 0. The Hall–Kier alpha value is -4.34. The SMILES string of the molecule is Fc1ccc(F)c(-c2noc(-c3nnn(-c4ccccc4F)c3-c3ccncc3)n2)c1. The fourth-order valence-electron chi connectivity index (χ4n) is 3.08. The van der Waals surface area contributed by atoms with Gasteiger partial charge in [-0.25, -0.2) is 17.9 Å². The van der Waals surface area contributed by atoms with Gasteiger partial charge < -0.3 is 4.52 Å². The topological polar surface area (TPSA) is 82.5 Å². The molecule has 0 aliphatic rings. The first-order chi connectivity index (χ1) is 15.1. The summed E-state index contributed by atoms with van der Waals surface area (Å²) in [6.07, 6.45) is 3.11. The van der Waals surface area contributed by atoms with Gasteiger partial charge in [0.2, 0.25) is 5.82 Å². The smallest absolute Gasteiger partial charge is 0.281 e. The number of halogens is 3. The summed E-state index contributed by atoms with van der Waals surface area (Å²) in [4.78, 5) is 8.15. The number of nitrogens with zero attached hydrogens (tertiary/aromatic N) is 6. The van der Waals surface area contributed by atoms with Gasteiger partial charge >= 0.3 is 0 Å². The number of hydrogen-bond acceptors (Lipinski definition) is 6. The van der Waals surface area contributed by atoms with Crippen LogP contribution in [0.25, 0.3) is 39.9 Å². The lowest BCUT2D eigenvalue weighted by Crippen LogP contribution is -2.02. The maximum absolute atomic E-state index is 14.5. The van der Waals surface area contributed by atoms with Gasteiger partial charge in [-0.05, 0) is 42.5 Å². The molecule has 0 fully saturated rings. The second kappa shape index (κ2) is 7.48. The Labute approximate surface area is 172 Å². The van der Waals surface area contributed by atoms with Crippen molar-refractivity contribution in [2.75, 3.05) is 0 Å². The molecule has 31 heavy (non-hydrogen) atoms.